The van der Waals surface area contributed by atoms with Gasteiger partial charge in [0.2, 0.25) is 5.76 Å². The van der Waals surface area contributed by atoms with Gasteiger partial charge in [-0.25, -0.2) is 4.79 Å². The highest BCUT2D eigenvalue weighted by molar-refractivity contribution is 5.98. The number of nitrogens with one attached hydrogen (secondary N) is 1. The van der Waals surface area contributed by atoms with Crippen molar-refractivity contribution in [2.24, 2.45) is 0 Å². The lowest BCUT2D eigenvalue weighted by Crippen LogP contribution is -2.30. The summed E-state index contributed by atoms with van der Waals surface area (Å²) in [4.78, 5) is 50.6. The van der Waals surface area contributed by atoms with E-state index in [9.17, 15) is 19.2 Å². The van der Waals surface area contributed by atoms with Crippen LogP contribution in [-0.4, -0.2) is 42.4 Å². The van der Waals surface area contributed by atoms with Crippen LogP contribution in [0.1, 0.15) is 34.8 Å². The van der Waals surface area contributed by atoms with Gasteiger partial charge in [0.25, 0.3) is 11.8 Å². The number of nitrogens with zero attached hydrogens (tertiary/aromatic N) is 1. The molecule has 0 aliphatic rings. The van der Waals surface area contributed by atoms with Crippen molar-refractivity contribution in [3.63, 3.8) is 0 Å². The van der Waals surface area contributed by atoms with Gasteiger partial charge >= 0.3 is 5.97 Å². The summed E-state index contributed by atoms with van der Waals surface area (Å²) < 4.78 is 10.4. The van der Waals surface area contributed by atoms with Gasteiger partial charge in [0.05, 0.1) is 5.39 Å². The van der Waals surface area contributed by atoms with Crippen molar-refractivity contribution in [1.82, 2.24) is 4.90 Å². The maximum Gasteiger partial charge on any atom is 0.374 e. The summed E-state index contributed by atoms with van der Waals surface area (Å²) in [6.07, 6.45) is 0. The lowest BCUT2D eigenvalue weighted by molar-refractivity contribution is -0.119. The summed E-state index contributed by atoms with van der Waals surface area (Å²) in [6.45, 7) is 4.35. The van der Waals surface area contributed by atoms with Crippen molar-refractivity contribution in [1.29, 1.82) is 0 Å². The molecule has 160 valence electrons. The molecule has 8 heteroatoms. The Balaban J connectivity index is 1.63. The van der Waals surface area contributed by atoms with Crippen LogP contribution >= 0.6 is 0 Å². The Labute approximate surface area is 178 Å². The van der Waals surface area contributed by atoms with Crippen LogP contribution in [0.2, 0.25) is 0 Å². The Morgan fingerprint density at radius 2 is 1.74 bits per heavy atom. The van der Waals surface area contributed by atoms with Crippen molar-refractivity contribution in [2.45, 2.75) is 13.8 Å². The SMILES string of the molecule is CCN(CC)C(=O)c1cccc(NC(=O)COC(=O)c2cc(=O)c3ccccc3o2)c1. The number of rotatable bonds is 7. The average Bonchev–Trinajstić information content (AvgIpc) is 2.78. The Morgan fingerprint density at radius 1 is 1.00 bits per heavy atom. The average molecular weight is 422 g/mol. The summed E-state index contributed by atoms with van der Waals surface area (Å²) in [6, 6.07) is 14.0. The van der Waals surface area contributed by atoms with Crippen molar-refractivity contribution in [2.75, 3.05) is 25.0 Å². The van der Waals surface area contributed by atoms with Crippen molar-refractivity contribution in [3.05, 3.63) is 76.1 Å². The van der Waals surface area contributed by atoms with Gasteiger partial charge < -0.3 is 19.4 Å². The number of anilines is 1. The minimum Gasteiger partial charge on any atom is -0.450 e. The van der Waals surface area contributed by atoms with Crippen LogP contribution in [0, 0.1) is 0 Å². The number of hydrogen-bond donors (Lipinski definition) is 1. The van der Waals surface area contributed by atoms with Gasteiger partial charge in [0.1, 0.15) is 5.58 Å². The van der Waals surface area contributed by atoms with E-state index in [1.54, 1.807) is 53.4 Å². The minimum absolute atomic E-state index is 0.140. The molecule has 8 nitrogen and oxygen atoms in total. The second-order valence-electron chi connectivity index (χ2n) is 6.65. The predicted octanol–water partition coefficient (Wildman–Crippen LogP) is 3.07. The van der Waals surface area contributed by atoms with Crippen LogP contribution in [0.3, 0.4) is 0 Å². The Hall–Kier alpha value is -3.94. The first-order chi connectivity index (χ1) is 14.9. The number of esters is 1. The quantitative estimate of drug-likeness (QED) is 0.587. The molecule has 1 heterocycles. The first-order valence-electron chi connectivity index (χ1n) is 9.82. The topological polar surface area (TPSA) is 106 Å². The standard InChI is InChI=1S/C23H22N2O6/c1-3-25(4-2)22(28)15-8-7-9-16(12-15)24-21(27)14-30-23(29)20-13-18(26)17-10-5-6-11-19(17)31-20/h5-13H,3-4,14H2,1-2H3,(H,24,27). The predicted molar refractivity (Wildman–Crippen MR) is 115 cm³/mol. The van der Waals surface area contributed by atoms with E-state index >= 15 is 0 Å². The zero-order chi connectivity index (χ0) is 22.4. The molecular formula is C23H22N2O6. The molecule has 3 aromatic rings. The summed E-state index contributed by atoms with van der Waals surface area (Å²) in [5.74, 6) is -1.95. The minimum atomic E-state index is -0.927. The molecule has 0 unspecified atom stereocenters. The third-order valence-corrected chi connectivity index (χ3v) is 4.61. The Bertz CT molecular complexity index is 1180. The molecule has 3 rings (SSSR count). The van der Waals surface area contributed by atoms with Gasteiger partial charge in [0, 0.05) is 30.4 Å². The molecule has 0 saturated heterocycles. The van der Waals surface area contributed by atoms with Gasteiger partial charge in [-0.1, -0.05) is 18.2 Å². The second-order valence-corrected chi connectivity index (χ2v) is 6.65. The van der Waals surface area contributed by atoms with E-state index in [4.69, 9.17) is 9.15 Å². The van der Waals surface area contributed by atoms with Crippen LogP contribution in [-0.2, 0) is 9.53 Å². The number of carbonyl (C=O) groups excluding carboxylic acids is 3. The highest BCUT2D eigenvalue weighted by atomic mass is 16.5. The molecule has 0 spiro atoms. The maximum absolute atomic E-state index is 12.4. The van der Waals surface area contributed by atoms with Crippen LogP contribution in [0.4, 0.5) is 5.69 Å². The molecule has 0 saturated carbocycles. The van der Waals surface area contributed by atoms with E-state index in [1.807, 2.05) is 13.8 Å². The number of carbonyl (C=O) groups is 3. The second kappa shape index (κ2) is 9.71. The smallest absolute Gasteiger partial charge is 0.374 e. The van der Waals surface area contributed by atoms with E-state index in [-0.39, 0.29) is 22.7 Å². The Kier molecular flexibility index (Phi) is 6.81. The van der Waals surface area contributed by atoms with Gasteiger partial charge in [-0.2, -0.15) is 0 Å². The van der Waals surface area contributed by atoms with Crippen LogP contribution in [0.15, 0.2) is 63.8 Å². The van der Waals surface area contributed by atoms with Gasteiger partial charge in [-0.05, 0) is 44.2 Å². The van der Waals surface area contributed by atoms with E-state index < -0.39 is 18.5 Å². The summed E-state index contributed by atoms with van der Waals surface area (Å²) in [5.41, 5.74) is 0.710. The highest BCUT2D eigenvalue weighted by Crippen LogP contribution is 2.14. The molecule has 1 aromatic heterocycles. The van der Waals surface area contributed by atoms with Crippen LogP contribution < -0.4 is 10.7 Å². The lowest BCUT2D eigenvalue weighted by Gasteiger charge is -2.19. The normalized spacial score (nSPS) is 10.5. The summed E-state index contributed by atoms with van der Waals surface area (Å²) in [5, 5.41) is 2.92. The lowest BCUT2D eigenvalue weighted by atomic mass is 10.1. The molecule has 1 N–H and O–H groups in total. The molecule has 2 aromatic carbocycles. The molecule has 2 amide bonds. The number of amides is 2. The molecule has 31 heavy (non-hydrogen) atoms. The van der Waals surface area contributed by atoms with E-state index in [2.05, 4.69) is 5.32 Å². The third kappa shape index (κ3) is 5.16. The third-order valence-electron chi connectivity index (χ3n) is 4.61. The van der Waals surface area contributed by atoms with Crippen molar-refractivity contribution < 1.29 is 23.5 Å². The zero-order valence-electron chi connectivity index (χ0n) is 17.2. The van der Waals surface area contributed by atoms with E-state index in [0.29, 0.717) is 29.7 Å². The first-order valence-corrected chi connectivity index (χ1v) is 9.82. The molecule has 0 radical (unpaired) electrons. The van der Waals surface area contributed by atoms with Gasteiger partial charge in [0.15, 0.2) is 12.0 Å². The van der Waals surface area contributed by atoms with E-state index in [1.165, 1.54) is 0 Å². The number of para-hydroxylation sites is 1. The first kappa shape index (κ1) is 21.8. The molecular weight excluding hydrogens is 400 g/mol. The summed E-state index contributed by atoms with van der Waals surface area (Å²) in [7, 11) is 0. The highest BCUT2D eigenvalue weighted by Gasteiger charge is 2.16. The molecule has 0 aliphatic carbocycles. The fourth-order valence-electron chi connectivity index (χ4n) is 3.03. The number of hydrogen-bond acceptors (Lipinski definition) is 6. The van der Waals surface area contributed by atoms with Crippen molar-refractivity contribution >= 4 is 34.4 Å². The fourth-order valence-corrected chi connectivity index (χ4v) is 3.03. The molecule has 0 fully saturated rings. The van der Waals surface area contributed by atoms with Crippen LogP contribution in [0.5, 0.6) is 0 Å². The number of fused-ring (bicyclic) bond motifs is 1. The van der Waals surface area contributed by atoms with Gasteiger partial charge in [-0.15, -0.1) is 0 Å². The molecule has 0 bridgehead atoms. The monoisotopic (exact) mass is 422 g/mol. The van der Waals surface area contributed by atoms with Gasteiger partial charge in [-0.3, -0.25) is 14.4 Å². The number of benzene rings is 2. The van der Waals surface area contributed by atoms with E-state index in [0.717, 1.165) is 6.07 Å². The van der Waals surface area contributed by atoms with Crippen molar-refractivity contribution in [3.8, 4) is 0 Å². The Morgan fingerprint density at radius 3 is 2.48 bits per heavy atom. The van der Waals surface area contributed by atoms with Crippen LogP contribution in [0.25, 0.3) is 11.0 Å². The summed E-state index contributed by atoms with van der Waals surface area (Å²) >= 11 is 0. The number of ether oxygens (including phenoxy) is 1. The zero-order valence-corrected chi connectivity index (χ0v) is 17.2. The maximum atomic E-state index is 12.4. The molecule has 0 atom stereocenters. The molecule has 0 aliphatic heterocycles. The largest absolute Gasteiger partial charge is 0.450 e. The fraction of sp³-hybridized carbons (Fsp3) is 0.217.